The number of carbonyl (C=O) groups is 2. The lowest BCUT2D eigenvalue weighted by atomic mass is 9.97. The van der Waals surface area contributed by atoms with E-state index in [1.165, 1.54) is 4.57 Å². The lowest BCUT2D eigenvalue weighted by Gasteiger charge is -2.17. The number of carbonyl (C=O) groups excluding carboxylic acids is 2. The summed E-state index contributed by atoms with van der Waals surface area (Å²) in [5.41, 5.74) is 2.93. The van der Waals surface area contributed by atoms with E-state index in [9.17, 15) is 14.4 Å². The number of esters is 1. The van der Waals surface area contributed by atoms with E-state index in [4.69, 9.17) is 4.74 Å². The molecule has 0 saturated carbocycles. The predicted molar refractivity (Wildman–Crippen MR) is 150 cm³/mol. The highest BCUT2D eigenvalue weighted by Crippen LogP contribution is 2.31. The minimum atomic E-state index is -0.649. The number of rotatable bonds is 5. The molecular formula is C32H24N2O4. The summed E-state index contributed by atoms with van der Waals surface area (Å²) in [6, 6.07) is 32.2. The number of ether oxygens (including phenoxy) is 1. The Morgan fingerprint density at radius 3 is 1.84 bits per heavy atom. The zero-order valence-corrected chi connectivity index (χ0v) is 20.8. The number of para-hydroxylation sites is 2. The molecule has 186 valence electrons. The number of hydrogen-bond donors (Lipinski definition) is 0. The number of aromatic nitrogens is 2. The first kappa shape index (κ1) is 23.4. The molecule has 6 rings (SSSR count). The van der Waals surface area contributed by atoms with Crippen LogP contribution in [0.15, 0.2) is 108 Å². The number of nitrogens with zero attached hydrogens (tertiary/aromatic N) is 2. The van der Waals surface area contributed by atoms with Crippen molar-refractivity contribution in [1.29, 1.82) is 0 Å². The molecule has 0 N–H and O–H groups in total. The summed E-state index contributed by atoms with van der Waals surface area (Å²) in [5.74, 6) is -0.824. The van der Waals surface area contributed by atoms with Gasteiger partial charge in [-0.05, 0) is 29.1 Å². The van der Waals surface area contributed by atoms with Crippen LogP contribution in [0.1, 0.15) is 21.7 Å². The van der Waals surface area contributed by atoms with Crippen LogP contribution in [0.25, 0.3) is 43.7 Å². The molecule has 0 unspecified atom stereocenters. The van der Waals surface area contributed by atoms with Crippen molar-refractivity contribution in [2.75, 3.05) is 6.61 Å². The highest BCUT2D eigenvalue weighted by Gasteiger charge is 2.23. The first-order valence-corrected chi connectivity index (χ1v) is 12.4. The quantitative estimate of drug-likeness (QED) is 0.264. The molecule has 0 amide bonds. The summed E-state index contributed by atoms with van der Waals surface area (Å²) in [5, 5.41) is 3.18. The monoisotopic (exact) mass is 500 g/mol. The average molecular weight is 501 g/mol. The molecule has 0 fully saturated rings. The molecule has 0 aliphatic heterocycles. The molecule has 0 saturated heterocycles. The van der Waals surface area contributed by atoms with Gasteiger partial charge in [0.25, 0.3) is 5.56 Å². The third kappa shape index (κ3) is 3.78. The van der Waals surface area contributed by atoms with Gasteiger partial charge >= 0.3 is 5.97 Å². The highest BCUT2D eigenvalue weighted by atomic mass is 16.5. The lowest BCUT2D eigenvalue weighted by molar-refractivity contribution is 0.0479. The van der Waals surface area contributed by atoms with Crippen molar-refractivity contribution in [2.45, 2.75) is 6.42 Å². The second-order valence-corrected chi connectivity index (χ2v) is 9.15. The maximum atomic E-state index is 13.4. The Bertz CT molecular complexity index is 1860. The maximum absolute atomic E-state index is 13.4. The summed E-state index contributed by atoms with van der Waals surface area (Å²) in [6.45, 7) is -0.117. The van der Waals surface area contributed by atoms with Gasteiger partial charge < -0.3 is 9.30 Å². The molecule has 2 heterocycles. The molecule has 0 spiro atoms. The van der Waals surface area contributed by atoms with Crippen LogP contribution in [0.2, 0.25) is 0 Å². The van der Waals surface area contributed by atoms with Gasteiger partial charge in [0.2, 0.25) is 5.91 Å². The molecule has 0 aliphatic carbocycles. The standard InChI is InChI=1S/C32H24N2O4/c1-33-30(29(21-11-3-2-4-12-21)24-15-5-6-16-25(24)31(33)36)32(37)38-20-19-28(35)34-26-17-9-7-13-22(26)23-14-8-10-18-27(23)34/h2-18H,19-20H2,1H3. The summed E-state index contributed by atoms with van der Waals surface area (Å²) < 4.78 is 8.65. The van der Waals surface area contributed by atoms with Crippen molar-refractivity contribution in [3.63, 3.8) is 0 Å². The Balaban J connectivity index is 1.33. The van der Waals surface area contributed by atoms with Crippen molar-refractivity contribution < 1.29 is 14.3 Å². The first-order chi connectivity index (χ1) is 18.6. The second kappa shape index (κ2) is 9.48. The van der Waals surface area contributed by atoms with E-state index in [1.54, 1.807) is 23.7 Å². The Kier molecular flexibility index (Phi) is 5.85. The van der Waals surface area contributed by atoms with E-state index in [-0.39, 0.29) is 30.2 Å². The van der Waals surface area contributed by atoms with E-state index in [0.717, 1.165) is 27.4 Å². The van der Waals surface area contributed by atoms with E-state index in [1.807, 2.05) is 91.0 Å². The minimum absolute atomic E-state index is 0.00337. The van der Waals surface area contributed by atoms with Crippen molar-refractivity contribution in [3.8, 4) is 11.1 Å². The van der Waals surface area contributed by atoms with Crippen LogP contribution in [-0.2, 0) is 11.8 Å². The molecule has 38 heavy (non-hydrogen) atoms. The van der Waals surface area contributed by atoms with Gasteiger partial charge in [-0.25, -0.2) is 4.79 Å². The number of benzene rings is 4. The van der Waals surface area contributed by atoms with Crippen LogP contribution in [-0.4, -0.2) is 27.6 Å². The first-order valence-electron chi connectivity index (χ1n) is 12.4. The van der Waals surface area contributed by atoms with Crippen LogP contribution in [0.4, 0.5) is 0 Å². The summed E-state index contributed by atoms with van der Waals surface area (Å²) >= 11 is 0. The Morgan fingerprint density at radius 1 is 0.684 bits per heavy atom. The van der Waals surface area contributed by atoms with Crippen molar-refractivity contribution in [3.05, 3.63) is 119 Å². The third-order valence-corrected chi connectivity index (χ3v) is 6.94. The Hall–Kier alpha value is -4.97. The molecule has 6 nitrogen and oxygen atoms in total. The van der Waals surface area contributed by atoms with E-state index in [0.29, 0.717) is 16.3 Å². The average Bonchev–Trinajstić information content (AvgIpc) is 3.29. The van der Waals surface area contributed by atoms with Gasteiger partial charge in [0.05, 0.1) is 17.5 Å². The topological polar surface area (TPSA) is 70.3 Å². The SMILES string of the molecule is Cn1c(C(=O)OCCC(=O)n2c3ccccc3c3ccccc32)c(-c2ccccc2)c2ccccc2c1=O. The van der Waals surface area contributed by atoms with Crippen LogP contribution >= 0.6 is 0 Å². The van der Waals surface area contributed by atoms with Gasteiger partial charge in [0, 0.05) is 28.8 Å². The number of pyridine rings is 1. The zero-order chi connectivity index (χ0) is 26.2. The molecule has 6 aromatic rings. The fourth-order valence-electron chi connectivity index (χ4n) is 5.20. The summed E-state index contributed by atoms with van der Waals surface area (Å²) in [7, 11) is 1.57. The molecule has 6 heteroatoms. The normalized spacial score (nSPS) is 11.3. The van der Waals surface area contributed by atoms with Crippen LogP contribution in [0, 0.1) is 0 Å². The van der Waals surface area contributed by atoms with E-state index < -0.39 is 5.97 Å². The van der Waals surface area contributed by atoms with Crippen molar-refractivity contribution in [1.82, 2.24) is 9.13 Å². The summed E-state index contributed by atoms with van der Waals surface area (Å²) in [6.07, 6.45) is -0.00337. The lowest BCUT2D eigenvalue weighted by Crippen LogP contribution is -2.26. The molecular weight excluding hydrogens is 476 g/mol. The van der Waals surface area contributed by atoms with Crippen LogP contribution in [0.5, 0.6) is 0 Å². The van der Waals surface area contributed by atoms with Crippen LogP contribution < -0.4 is 5.56 Å². The van der Waals surface area contributed by atoms with E-state index in [2.05, 4.69) is 0 Å². The third-order valence-electron chi connectivity index (χ3n) is 6.94. The Morgan fingerprint density at radius 2 is 1.21 bits per heavy atom. The molecule has 0 radical (unpaired) electrons. The molecule has 4 aromatic carbocycles. The van der Waals surface area contributed by atoms with Gasteiger partial charge in [0.15, 0.2) is 0 Å². The fourth-order valence-corrected chi connectivity index (χ4v) is 5.20. The molecule has 0 bridgehead atoms. The van der Waals surface area contributed by atoms with Crippen LogP contribution in [0.3, 0.4) is 0 Å². The maximum Gasteiger partial charge on any atom is 0.355 e. The highest BCUT2D eigenvalue weighted by molar-refractivity contribution is 6.13. The second-order valence-electron chi connectivity index (χ2n) is 9.15. The van der Waals surface area contributed by atoms with Gasteiger partial charge in [-0.1, -0.05) is 84.9 Å². The zero-order valence-electron chi connectivity index (χ0n) is 20.8. The van der Waals surface area contributed by atoms with Crippen molar-refractivity contribution in [2.24, 2.45) is 7.05 Å². The minimum Gasteiger partial charge on any atom is -0.460 e. The smallest absolute Gasteiger partial charge is 0.355 e. The molecule has 0 atom stereocenters. The van der Waals surface area contributed by atoms with Gasteiger partial charge in [-0.2, -0.15) is 0 Å². The van der Waals surface area contributed by atoms with Crippen molar-refractivity contribution >= 4 is 44.5 Å². The fraction of sp³-hybridized carbons (Fsp3) is 0.0938. The van der Waals surface area contributed by atoms with E-state index >= 15 is 0 Å². The predicted octanol–water partition coefficient (Wildman–Crippen LogP) is 6.20. The number of hydrogen-bond acceptors (Lipinski definition) is 4. The molecule has 2 aromatic heterocycles. The summed E-state index contributed by atoms with van der Waals surface area (Å²) in [4.78, 5) is 39.9. The van der Waals surface area contributed by atoms with Gasteiger partial charge in [-0.15, -0.1) is 0 Å². The number of fused-ring (bicyclic) bond motifs is 4. The largest absolute Gasteiger partial charge is 0.460 e. The Labute approximate surface area is 218 Å². The molecule has 0 aliphatic rings. The van der Waals surface area contributed by atoms with Gasteiger partial charge in [0.1, 0.15) is 12.3 Å². The van der Waals surface area contributed by atoms with Gasteiger partial charge in [-0.3, -0.25) is 14.2 Å².